The molecule has 0 radical (unpaired) electrons. The Morgan fingerprint density at radius 3 is 1.96 bits per heavy atom. The quantitative estimate of drug-likeness (QED) is 0.420. The summed E-state index contributed by atoms with van der Waals surface area (Å²) < 4.78 is 26.9. The van der Waals surface area contributed by atoms with Crippen LogP contribution in [0.1, 0.15) is 22.8 Å². The third-order valence-corrected chi connectivity index (χ3v) is 4.24. The van der Waals surface area contributed by atoms with Crippen molar-refractivity contribution >= 4 is 17.5 Å². The lowest BCUT2D eigenvalue weighted by atomic mass is 10.0. The van der Waals surface area contributed by atoms with Crippen LogP contribution in [0.2, 0.25) is 0 Å². The Bertz CT molecular complexity index is 904. The number of hydrogen-bond acceptors (Lipinski definition) is 7. The number of rotatable bonds is 8. The first-order valence-electron chi connectivity index (χ1n) is 8.45. The summed E-state index contributed by atoms with van der Waals surface area (Å²) in [5, 5.41) is 0. The summed E-state index contributed by atoms with van der Waals surface area (Å²) in [7, 11) is 7.56. The number of nitrogen functional groups attached to an aromatic ring is 1. The molecule has 0 aromatic heterocycles. The van der Waals surface area contributed by atoms with Gasteiger partial charge in [0.1, 0.15) is 5.75 Å². The second-order valence-electron chi connectivity index (χ2n) is 5.88. The molecule has 7 nitrogen and oxygen atoms in total. The van der Waals surface area contributed by atoms with Crippen molar-refractivity contribution in [3.05, 3.63) is 41.0 Å². The fourth-order valence-corrected chi connectivity index (χ4v) is 2.85. The van der Waals surface area contributed by atoms with Gasteiger partial charge in [0.2, 0.25) is 11.5 Å². The maximum absolute atomic E-state index is 12.9. The molecule has 2 rings (SSSR count). The first-order chi connectivity index (χ1) is 13.4. The van der Waals surface area contributed by atoms with Gasteiger partial charge in [0.05, 0.1) is 41.2 Å². The number of allylic oxidation sites excluding steroid dienone is 1. The van der Waals surface area contributed by atoms with Gasteiger partial charge in [0, 0.05) is 11.1 Å². The van der Waals surface area contributed by atoms with Gasteiger partial charge in [0.25, 0.3) is 0 Å². The van der Waals surface area contributed by atoms with Crippen LogP contribution in [0, 0.1) is 0 Å². The van der Waals surface area contributed by atoms with Crippen LogP contribution in [0.25, 0.3) is 6.08 Å². The second-order valence-corrected chi connectivity index (χ2v) is 5.88. The van der Waals surface area contributed by atoms with Gasteiger partial charge in [-0.1, -0.05) is 0 Å². The van der Waals surface area contributed by atoms with Crippen molar-refractivity contribution in [3.8, 4) is 28.7 Å². The van der Waals surface area contributed by atoms with Gasteiger partial charge in [-0.25, -0.2) is 0 Å². The Labute approximate surface area is 164 Å². The molecule has 0 bridgehead atoms. The lowest BCUT2D eigenvalue weighted by Crippen LogP contribution is -2.04. The molecule has 0 fully saturated rings. The average molecular weight is 387 g/mol. The van der Waals surface area contributed by atoms with Gasteiger partial charge in [-0.15, -0.1) is 0 Å². The Morgan fingerprint density at radius 2 is 1.43 bits per heavy atom. The predicted octanol–water partition coefficient (Wildman–Crippen LogP) is 3.60. The molecule has 2 N–H and O–H groups in total. The molecule has 2 aromatic rings. The van der Waals surface area contributed by atoms with Crippen LogP contribution in [0.5, 0.6) is 28.7 Å². The van der Waals surface area contributed by atoms with Gasteiger partial charge < -0.3 is 29.4 Å². The van der Waals surface area contributed by atoms with E-state index in [0.717, 1.165) is 0 Å². The zero-order chi connectivity index (χ0) is 20.8. The van der Waals surface area contributed by atoms with Crippen molar-refractivity contribution in [1.29, 1.82) is 0 Å². The number of ether oxygens (including phenoxy) is 5. The van der Waals surface area contributed by atoms with Crippen LogP contribution in [-0.4, -0.2) is 41.3 Å². The summed E-state index contributed by atoms with van der Waals surface area (Å²) in [4.78, 5) is 12.9. The molecule has 7 heteroatoms. The molecular weight excluding hydrogens is 362 g/mol. The lowest BCUT2D eigenvalue weighted by Gasteiger charge is -2.17. The number of anilines is 1. The number of benzene rings is 2. The topological polar surface area (TPSA) is 89.2 Å². The van der Waals surface area contributed by atoms with Crippen molar-refractivity contribution in [2.45, 2.75) is 6.92 Å². The van der Waals surface area contributed by atoms with Crippen LogP contribution in [0.3, 0.4) is 0 Å². The Kier molecular flexibility index (Phi) is 6.76. The first-order valence-corrected chi connectivity index (χ1v) is 8.45. The van der Waals surface area contributed by atoms with Crippen LogP contribution in [0.4, 0.5) is 5.69 Å². The van der Waals surface area contributed by atoms with E-state index in [9.17, 15) is 4.79 Å². The molecule has 0 saturated carbocycles. The van der Waals surface area contributed by atoms with Crippen LogP contribution < -0.4 is 29.4 Å². The Balaban J connectivity index is 2.55. The van der Waals surface area contributed by atoms with Crippen LogP contribution >= 0.6 is 0 Å². The van der Waals surface area contributed by atoms with E-state index < -0.39 is 0 Å². The van der Waals surface area contributed by atoms with Crippen molar-refractivity contribution in [3.63, 3.8) is 0 Å². The highest BCUT2D eigenvalue weighted by Gasteiger charge is 2.21. The Hall–Kier alpha value is -3.35. The highest BCUT2D eigenvalue weighted by Crippen LogP contribution is 2.47. The minimum absolute atomic E-state index is 0.172. The van der Waals surface area contributed by atoms with E-state index in [1.165, 1.54) is 35.5 Å². The number of Topliss-reactive ketones (excluding diaryl/α,β-unsaturated/α-hetero) is 1. The third kappa shape index (κ3) is 3.98. The van der Waals surface area contributed by atoms with Crippen LogP contribution in [-0.2, 0) is 0 Å². The van der Waals surface area contributed by atoms with E-state index in [2.05, 4.69) is 0 Å². The molecular formula is C21H25NO6. The molecule has 0 aliphatic rings. The molecule has 0 unspecified atom stereocenters. The van der Waals surface area contributed by atoms with Gasteiger partial charge >= 0.3 is 0 Å². The third-order valence-electron chi connectivity index (χ3n) is 4.24. The van der Waals surface area contributed by atoms with E-state index in [-0.39, 0.29) is 5.78 Å². The largest absolute Gasteiger partial charge is 0.495 e. The molecule has 0 spiro atoms. The number of methoxy groups -OCH3 is 5. The zero-order valence-corrected chi connectivity index (χ0v) is 16.9. The van der Waals surface area contributed by atoms with Crippen LogP contribution in [0.15, 0.2) is 29.8 Å². The van der Waals surface area contributed by atoms with E-state index in [1.54, 1.807) is 37.3 Å². The summed E-state index contributed by atoms with van der Waals surface area (Å²) in [5.41, 5.74) is 7.85. The number of carbonyl (C=O) groups excluding carboxylic acids is 1. The molecule has 0 heterocycles. The predicted molar refractivity (Wildman–Crippen MR) is 108 cm³/mol. The molecule has 2 aromatic carbocycles. The summed E-state index contributed by atoms with van der Waals surface area (Å²) >= 11 is 0. The van der Waals surface area contributed by atoms with E-state index in [0.29, 0.717) is 51.1 Å². The fourth-order valence-electron chi connectivity index (χ4n) is 2.85. The lowest BCUT2D eigenvalue weighted by molar-refractivity contribution is 0.103. The Morgan fingerprint density at radius 1 is 0.821 bits per heavy atom. The van der Waals surface area contributed by atoms with E-state index in [1.807, 2.05) is 0 Å². The number of carbonyl (C=O) groups is 1. The van der Waals surface area contributed by atoms with Crippen molar-refractivity contribution in [2.24, 2.45) is 0 Å². The van der Waals surface area contributed by atoms with Gasteiger partial charge in [0.15, 0.2) is 17.3 Å². The van der Waals surface area contributed by atoms with Crippen molar-refractivity contribution in [1.82, 2.24) is 0 Å². The molecule has 150 valence electrons. The van der Waals surface area contributed by atoms with Gasteiger partial charge in [-0.2, -0.15) is 0 Å². The molecule has 0 aliphatic heterocycles. The fraction of sp³-hybridized carbons (Fsp3) is 0.286. The normalized spacial score (nSPS) is 11.0. The molecule has 0 aliphatic carbocycles. The second kappa shape index (κ2) is 9.03. The van der Waals surface area contributed by atoms with E-state index in [4.69, 9.17) is 29.4 Å². The minimum atomic E-state index is -0.172. The maximum Gasteiger partial charge on any atom is 0.207 e. The number of hydrogen-bond donors (Lipinski definition) is 1. The molecule has 0 atom stereocenters. The number of nitrogens with two attached hydrogens (primary N) is 1. The number of ketones is 1. The van der Waals surface area contributed by atoms with E-state index >= 15 is 0 Å². The SMILES string of the molecule is COc1cc(C(=O)C(C)=Cc2cc(OC)c(OC)c(OC)c2OC)ccc1N. The first kappa shape index (κ1) is 21.0. The summed E-state index contributed by atoms with van der Waals surface area (Å²) in [5.74, 6) is 1.96. The summed E-state index contributed by atoms with van der Waals surface area (Å²) in [6, 6.07) is 6.63. The average Bonchev–Trinajstić information content (AvgIpc) is 2.72. The minimum Gasteiger partial charge on any atom is -0.495 e. The zero-order valence-electron chi connectivity index (χ0n) is 16.9. The van der Waals surface area contributed by atoms with Gasteiger partial charge in [-0.3, -0.25) is 4.79 Å². The smallest absolute Gasteiger partial charge is 0.207 e. The standard InChI is InChI=1S/C21H25NO6/c1-12(18(23)13-7-8-15(22)16(10-13)24-2)9-14-11-17(25-3)20(27-5)21(28-6)19(14)26-4/h7-11H,22H2,1-6H3. The maximum atomic E-state index is 12.9. The highest BCUT2D eigenvalue weighted by molar-refractivity contribution is 6.11. The van der Waals surface area contributed by atoms with Gasteiger partial charge in [-0.05, 0) is 42.8 Å². The van der Waals surface area contributed by atoms with Crippen molar-refractivity contribution < 1.29 is 28.5 Å². The summed E-state index contributed by atoms with van der Waals surface area (Å²) in [6.07, 6.45) is 1.70. The molecule has 28 heavy (non-hydrogen) atoms. The van der Waals surface area contributed by atoms with Crippen molar-refractivity contribution in [2.75, 3.05) is 41.3 Å². The molecule has 0 saturated heterocycles. The molecule has 0 amide bonds. The summed E-state index contributed by atoms with van der Waals surface area (Å²) in [6.45, 7) is 1.72. The highest BCUT2D eigenvalue weighted by atomic mass is 16.5. The monoisotopic (exact) mass is 387 g/mol.